The third-order valence-electron chi connectivity index (χ3n) is 4.70. The third-order valence-corrected chi connectivity index (χ3v) is 4.70. The SMILES string of the molecule is O=C(Nc1ccc(OCC(=O)N2CCOCC2)cc1)c1cnc2ccccn2c1=O. The summed E-state index contributed by atoms with van der Waals surface area (Å²) in [7, 11) is 0. The van der Waals surface area contributed by atoms with Crippen LogP contribution in [0.25, 0.3) is 5.65 Å². The largest absolute Gasteiger partial charge is 0.484 e. The van der Waals surface area contributed by atoms with E-state index in [1.165, 1.54) is 10.6 Å². The van der Waals surface area contributed by atoms with Gasteiger partial charge in [0.2, 0.25) is 0 Å². The molecule has 1 saturated heterocycles. The number of hydrogen-bond acceptors (Lipinski definition) is 6. The third kappa shape index (κ3) is 4.31. The number of nitrogens with one attached hydrogen (secondary N) is 1. The molecule has 1 aromatic carbocycles. The molecule has 30 heavy (non-hydrogen) atoms. The van der Waals surface area contributed by atoms with Crippen molar-refractivity contribution in [3.05, 3.63) is 70.8 Å². The maximum atomic E-state index is 12.5. The number of hydrogen-bond donors (Lipinski definition) is 1. The number of rotatable bonds is 5. The number of nitrogens with zero attached hydrogens (tertiary/aromatic N) is 3. The quantitative estimate of drug-likeness (QED) is 0.680. The average molecular weight is 408 g/mol. The van der Waals surface area contributed by atoms with Gasteiger partial charge in [0.05, 0.1) is 13.2 Å². The Morgan fingerprint density at radius 3 is 2.63 bits per heavy atom. The van der Waals surface area contributed by atoms with Crippen molar-refractivity contribution in [2.45, 2.75) is 0 Å². The van der Waals surface area contributed by atoms with E-state index >= 15 is 0 Å². The van der Waals surface area contributed by atoms with E-state index in [1.807, 2.05) is 0 Å². The van der Waals surface area contributed by atoms with E-state index in [0.717, 1.165) is 0 Å². The molecule has 0 aliphatic carbocycles. The Morgan fingerprint density at radius 2 is 1.87 bits per heavy atom. The molecule has 1 fully saturated rings. The summed E-state index contributed by atoms with van der Waals surface area (Å²) in [4.78, 5) is 42.9. The molecule has 0 atom stereocenters. The predicted molar refractivity (Wildman–Crippen MR) is 109 cm³/mol. The highest BCUT2D eigenvalue weighted by Gasteiger charge is 2.17. The molecule has 9 heteroatoms. The van der Waals surface area contributed by atoms with Gasteiger partial charge in [-0.2, -0.15) is 0 Å². The standard InChI is InChI=1S/C21H20N4O5/c26-19(24-9-11-29-12-10-24)14-30-16-6-4-15(5-7-16)23-20(27)17-13-22-18-3-1-2-8-25(18)21(17)28/h1-8,13H,9-12,14H2,(H,23,27). The Labute approximate surface area is 171 Å². The number of morpholine rings is 1. The van der Waals surface area contributed by atoms with E-state index in [4.69, 9.17) is 9.47 Å². The predicted octanol–water partition coefficient (Wildman–Crippen LogP) is 1.18. The summed E-state index contributed by atoms with van der Waals surface area (Å²) in [5, 5.41) is 2.67. The summed E-state index contributed by atoms with van der Waals surface area (Å²) in [6.07, 6.45) is 2.83. The Hall–Kier alpha value is -3.72. The molecule has 2 aromatic heterocycles. The number of carbonyl (C=O) groups is 2. The van der Waals surface area contributed by atoms with Crippen molar-refractivity contribution >= 4 is 23.1 Å². The molecular formula is C21H20N4O5. The average Bonchev–Trinajstić information content (AvgIpc) is 2.79. The summed E-state index contributed by atoms with van der Waals surface area (Å²) in [6.45, 7) is 2.14. The van der Waals surface area contributed by atoms with Crippen LogP contribution in [0.5, 0.6) is 5.75 Å². The first kappa shape index (κ1) is 19.6. The van der Waals surface area contributed by atoms with E-state index in [-0.39, 0.29) is 18.1 Å². The van der Waals surface area contributed by atoms with Crippen LogP contribution < -0.4 is 15.6 Å². The minimum absolute atomic E-state index is 0.0601. The molecule has 1 aliphatic heterocycles. The van der Waals surface area contributed by atoms with E-state index < -0.39 is 11.5 Å². The molecule has 4 rings (SSSR count). The Kier molecular flexibility index (Phi) is 5.71. The zero-order valence-electron chi connectivity index (χ0n) is 16.1. The van der Waals surface area contributed by atoms with Crippen LogP contribution in [0.2, 0.25) is 0 Å². The number of fused-ring (bicyclic) bond motifs is 1. The number of anilines is 1. The van der Waals surface area contributed by atoms with Crippen LogP contribution >= 0.6 is 0 Å². The summed E-state index contributed by atoms with van der Waals surface area (Å²) in [5.74, 6) is -0.149. The van der Waals surface area contributed by atoms with Crippen LogP contribution in [0.1, 0.15) is 10.4 Å². The van der Waals surface area contributed by atoms with Crippen molar-refractivity contribution in [1.29, 1.82) is 0 Å². The molecule has 0 saturated carbocycles. The Bertz CT molecular complexity index is 1120. The number of ether oxygens (including phenoxy) is 2. The Morgan fingerprint density at radius 1 is 1.10 bits per heavy atom. The number of aromatic nitrogens is 2. The lowest BCUT2D eigenvalue weighted by Gasteiger charge is -2.26. The molecule has 9 nitrogen and oxygen atoms in total. The van der Waals surface area contributed by atoms with Crippen LogP contribution in [-0.2, 0) is 9.53 Å². The van der Waals surface area contributed by atoms with E-state index in [0.29, 0.717) is 43.4 Å². The maximum Gasteiger partial charge on any atom is 0.270 e. The zero-order valence-corrected chi connectivity index (χ0v) is 16.1. The second-order valence-electron chi connectivity index (χ2n) is 6.67. The van der Waals surface area contributed by atoms with Crippen LogP contribution in [0.3, 0.4) is 0 Å². The summed E-state index contributed by atoms with van der Waals surface area (Å²) in [6, 6.07) is 11.7. The first-order valence-electron chi connectivity index (χ1n) is 9.48. The zero-order chi connectivity index (χ0) is 20.9. The van der Waals surface area contributed by atoms with E-state index in [2.05, 4.69) is 10.3 Å². The van der Waals surface area contributed by atoms with Crippen LogP contribution in [0, 0.1) is 0 Å². The lowest BCUT2D eigenvalue weighted by molar-refractivity contribution is -0.137. The topological polar surface area (TPSA) is 102 Å². The lowest BCUT2D eigenvalue weighted by Crippen LogP contribution is -2.42. The fraction of sp³-hybridized carbons (Fsp3) is 0.238. The molecule has 0 unspecified atom stereocenters. The minimum atomic E-state index is -0.554. The Balaban J connectivity index is 1.37. The molecule has 3 heterocycles. The molecule has 0 radical (unpaired) electrons. The lowest BCUT2D eigenvalue weighted by atomic mass is 10.2. The first-order chi connectivity index (χ1) is 14.6. The van der Waals surface area contributed by atoms with Gasteiger partial charge in [0.1, 0.15) is 17.0 Å². The van der Waals surface area contributed by atoms with Crippen LogP contribution in [-0.4, -0.2) is 59.0 Å². The maximum absolute atomic E-state index is 12.5. The second kappa shape index (κ2) is 8.75. The van der Waals surface area contributed by atoms with Gasteiger partial charge in [0.25, 0.3) is 17.4 Å². The number of amides is 2. The molecule has 2 amide bonds. The molecule has 1 aliphatic rings. The van der Waals surface area contributed by atoms with Gasteiger partial charge < -0.3 is 19.7 Å². The molecule has 1 N–H and O–H groups in total. The summed E-state index contributed by atoms with van der Waals surface area (Å²) >= 11 is 0. The highest BCUT2D eigenvalue weighted by molar-refractivity contribution is 6.03. The van der Waals surface area contributed by atoms with Crippen molar-refractivity contribution in [3.63, 3.8) is 0 Å². The highest BCUT2D eigenvalue weighted by Crippen LogP contribution is 2.16. The normalized spacial score (nSPS) is 13.8. The van der Waals surface area contributed by atoms with Gasteiger partial charge in [0.15, 0.2) is 6.61 Å². The van der Waals surface area contributed by atoms with Gasteiger partial charge in [0, 0.05) is 31.2 Å². The van der Waals surface area contributed by atoms with Crippen molar-refractivity contribution in [2.75, 3.05) is 38.2 Å². The van der Waals surface area contributed by atoms with Crippen LogP contribution in [0.4, 0.5) is 5.69 Å². The van der Waals surface area contributed by atoms with Crippen molar-refractivity contribution < 1.29 is 19.1 Å². The molecule has 3 aromatic rings. The van der Waals surface area contributed by atoms with Crippen molar-refractivity contribution in [3.8, 4) is 5.75 Å². The molecular weight excluding hydrogens is 388 g/mol. The van der Waals surface area contributed by atoms with Gasteiger partial charge in [-0.3, -0.25) is 18.8 Å². The van der Waals surface area contributed by atoms with Gasteiger partial charge in [-0.1, -0.05) is 6.07 Å². The van der Waals surface area contributed by atoms with Gasteiger partial charge in [-0.25, -0.2) is 4.98 Å². The number of pyridine rings is 1. The number of benzene rings is 1. The minimum Gasteiger partial charge on any atom is -0.484 e. The fourth-order valence-corrected chi connectivity index (χ4v) is 3.06. The van der Waals surface area contributed by atoms with Crippen LogP contribution in [0.15, 0.2) is 59.7 Å². The fourth-order valence-electron chi connectivity index (χ4n) is 3.06. The highest BCUT2D eigenvalue weighted by atomic mass is 16.5. The first-order valence-corrected chi connectivity index (χ1v) is 9.48. The summed E-state index contributed by atoms with van der Waals surface area (Å²) < 4.78 is 12.1. The smallest absolute Gasteiger partial charge is 0.270 e. The van der Waals surface area contributed by atoms with Crippen molar-refractivity contribution in [2.24, 2.45) is 0 Å². The van der Waals surface area contributed by atoms with E-state index in [9.17, 15) is 14.4 Å². The van der Waals surface area contributed by atoms with Gasteiger partial charge >= 0.3 is 0 Å². The molecule has 0 spiro atoms. The van der Waals surface area contributed by atoms with Crippen molar-refractivity contribution in [1.82, 2.24) is 14.3 Å². The second-order valence-corrected chi connectivity index (χ2v) is 6.67. The molecule has 154 valence electrons. The monoisotopic (exact) mass is 408 g/mol. The molecule has 0 bridgehead atoms. The summed E-state index contributed by atoms with van der Waals surface area (Å²) in [5.41, 5.74) is 0.450. The van der Waals surface area contributed by atoms with E-state index in [1.54, 1.807) is 53.6 Å². The van der Waals surface area contributed by atoms with Gasteiger partial charge in [-0.05, 0) is 36.4 Å². The van der Waals surface area contributed by atoms with Gasteiger partial charge in [-0.15, -0.1) is 0 Å². The number of carbonyl (C=O) groups excluding carboxylic acids is 2.